The summed E-state index contributed by atoms with van der Waals surface area (Å²) in [5.74, 6) is -0.841. The van der Waals surface area contributed by atoms with Crippen molar-refractivity contribution in [2.24, 2.45) is 0 Å². The first-order valence-corrected chi connectivity index (χ1v) is 7.68. The molecular formula is C17H14ClF2N3O. The molecular weight excluding hydrogens is 336 g/mol. The first-order valence-electron chi connectivity index (χ1n) is 7.31. The van der Waals surface area contributed by atoms with Crippen molar-refractivity contribution < 1.29 is 8.78 Å². The van der Waals surface area contributed by atoms with E-state index in [1.54, 1.807) is 25.1 Å². The monoisotopic (exact) mass is 349 g/mol. The lowest BCUT2D eigenvalue weighted by molar-refractivity contribution is 0.511. The van der Waals surface area contributed by atoms with Gasteiger partial charge in [-0.3, -0.25) is 4.79 Å². The van der Waals surface area contributed by atoms with Crippen LogP contribution < -0.4 is 10.9 Å². The summed E-state index contributed by atoms with van der Waals surface area (Å²) in [6, 6.07) is 7.89. The Morgan fingerprint density at radius 3 is 2.79 bits per heavy atom. The standard InChI is InChI=1S/C17H14ClF2N3O/c1-9(12-5-3-11(19)7-14(12)20)21-8-16-22-15-6-10(18)2-4-13(15)17(24)23-16/h2-7,9,21H,8H2,1H3,(H,22,23,24)/t9-/m1/s1. The molecule has 0 unspecified atom stereocenters. The van der Waals surface area contributed by atoms with E-state index in [-0.39, 0.29) is 18.1 Å². The summed E-state index contributed by atoms with van der Waals surface area (Å²) in [4.78, 5) is 19.1. The van der Waals surface area contributed by atoms with Crippen LogP contribution in [0.3, 0.4) is 0 Å². The van der Waals surface area contributed by atoms with Crippen molar-refractivity contribution in [2.75, 3.05) is 0 Å². The molecule has 0 aliphatic rings. The van der Waals surface area contributed by atoms with E-state index in [9.17, 15) is 13.6 Å². The molecule has 0 bridgehead atoms. The molecule has 1 heterocycles. The van der Waals surface area contributed by atoms with Gasteiger partial charge >= 0.3 is 0 Å². The summed E-state index contributed by atoms with van der Waals surface area (Å²) < 4.78 is 26.7. The Labute approximate surface area is 141 Å². The fourth-order valence-corrected chi connectivity index (χ4v) is 2.62. The number of rotatable bonds is 4. The fraction of sp³-hybridized carbons (Fsp3) is 0.176. The van der Waals surface area contributed by atoms with E-state index in [0.717, 1.165) is 6.07 Å². The molecule has 24 heavy (non-hydrogen) atoms. The highest BCUT2D eigenvalue weighted by molar-refractivity contribution is 6.31. The number of aromatic nitrogens is 2. The Hall–Kier alpha value is -2.31. The second-order valence-electron chi connectivity index (χ2n) is 5.44. The van der Waals surface area contributed by atoms with Gasteiger partial charge in [-0.05, 0) is 31.2 Å². The quantitative estimate of drug-likeness (QED) is 0.755. The van der Waals surface area contributed by atoms with E-state index in [4.69, 9.17) is 11.6 Å². The summed E-state index contributed by atoms with van der Waals surface area (Å²) in [7, 11) is 0. The summed E-state index contributed by atoms with van der Waals surface area (Å²) in [6.07, 6.45) is 0. The zero-order chi connectivity index (χ0) is 17.3. The topological polar surface area (TPSA) is 57.8 Å². The van der Waals surface area contributed by atoms with Crippen molar-refractivity contribution in [3.05, 3.63) is 74.8 Å². The second kappa shape index (κ2) is 6.67. The van der Waals surface area contributed by atoms with Gasteiger partial charge in [0.1, 0.15) is 17.5 Å². The Bertz CT molecular complexity index is 958. The Morgan fingerprint density at radius 2 is 2.04 bits per heavy atom. The predicted octanol–water partition coefficient (Wildman–Crippen LogP) is 3.71. The molecule has 0 aliphatic heterocycles. The average Bonchev–Trinajstić information content (AvgIpc) is 2.52. The average molecular weight is 350 g/mol. The van der Waals surface area contributed by atoms with Crippen LogP contribution >= 0.6 is 11.6 Å². The number of hydrogen-bond donors (Lipinski definition) is 2. The normalized spacial score (nSPS) is 12.5. The number of nitrogens with zero attached hydrogens (tertiary/aromatic N) is 1. The van der Waals surface area contributed by atoms with Crippen molar-refractivity contribution in [1.82, 2.24) is 15.3 Å². The summed E-state index contributed by atoms with van der Waals surface area (Å²) in [5.41, 5.74) is 0.556. The lowest BCUT2D eigenvalue weighted by Crippen LogP contribution is -2.23. The molecule has 0 aliphatic carbocycles. The maximum Gasteiger partial charge on any atom is 0.258 e. The molecule has 0 radical (unpaired) electrons. The molecule has 0 saturated heterocycles. The van der Waals surface area contributed by atoms with Gasteiger partial charge in [0.25, 0.3) is 5.56 Å². The van der Waals surface area contributed by atoms with Crippen LogP contribution in [0.2, 0.25) is 5.02 Å². The summed E-state index contributed by atoms with van der Waals surface area (Å²) in [5, 5.41) is 3.99. The molecule has 1 aromatic heterocycles. The molecule has 0 spiro atoms. The van der Waals surface area contributed by atoms with Gasteiger partial charge in [0, 0.05) is 22.7 Å². The molecule has 7 heteroatoms. The Balaban J connectivity index is 1.81. The Kier molecular flexibility index (Phi) is 4.59. The zero-order valence-corrected chi connectivity index (χ0v) is 13.5. The van der Waals surface area contributed by atoms with Gasteiger partial charge in [0.15, 0.2) is 0 Å². The number of H-pyrrole nitrogens is 1. The highest BCUT2D eigenvalue weighted by Crippen LogP contribution is 2.18. The van der Waals surface area contributed by atoms with Crippen molar-refractivity contribution >= 4 is 22.5 Å². The maximum atomic E-state index is 13.8. The van der Waals surface area contributed by atoms with E-state index < -0.39 is 11.6 Å². The zero-order valence-electron chi connectivity index (χ0n) is 12.7. The van der Waals surface area contributed by atoms with Gasteiger partial charge in [0.2, 0.25) is 0 Å². The molecule has 0 fully saturated rings. The highest BCUT2D eigenvalue weighted by atomic mass is 35.5. The molecule has 3 rings (SSSR count). The summed E-state index contributed by atoms with van der Waals surface area (Å²) in [6.45, 7) is 1.96. The van der Waals surface area contributed by atoms with Crippen LogP contribution in [0.4, 0.5) is 8.78 Å². The van der Waals surface area contributed by atoms with E-state index in [0.29, 0.717) is 27.3 Å². The van der Waals surface area contributed by atoms with Crippen LogP contribution in [0.5, 0.6) is 0 Å². The van der Waals surface area contributed by atoms with Gasteiger partial charge in [-0.1, -0.05) is 17.7 Å². The molecule has 2 aromatic carbocycles. The first kappa shape index (κ1) is 16.5. The number of fused-ring (bicyclic) bond motifs is 1. The predicted molar refractivity (Wildman–Crippen MR) is 89.0 cm³/mol. The van der Waals surface area contributed by atoms with Crippen molar-refractivity contribution in [3.63, 3.8) is 0 Å². The second-order valence-corrected chi connectivity index (χ2v) is 5.88. The van der Waals surface area contributed by atoms with Gasteiger partial charge in [-0.15, -0.1) is 0 Å². The van der Waals surface area contributed by atoms with Gasteiger partial charge < -0.3 is 10.3 Å². The molecule has 4 nitrogen and oxygen atoms in total. The largest absolute Gasteiger partial charge is 0.309 e. The molecule has 124 valence electrons. The lowest BCUT2D eigenvalue weighted by atomic mass is 10.1. The minimum Gasteiger partial charge on any atom is -0.309 e. The fourth-order valence-electron chi connectivity index (χ4n) is 2.46. The van der Waals surface area contributed by atoms with E-state index in [1.807, 2.05) is 0 Å². The van der Waals surface area contributed by atoms with Gasteiger partial charge in [0.05, 0.1) is 17.4 Å². The van der Waals surface area contributed by atoms with Crippen molar-refractivity contribution in [2.45, 2.75) is 19.5 Å². The number of hydrogen-bond acceptors (Lipinski definition) is 3. The van der Waals surface area contributed by atoms with Crippen LogP contribution in [0.1, 0.15) is 24.4 Å². The molecule has 0 saturated carbocycles. The van der Waals surface area contributed by atoms with E-state index in [2.05, 4.69) is 15.3 Å². The van der Waals surface area contributed by atoms with E-state index in [1.165, 1.54) is 12.1 Å². The van der Waals surface area contributed by atoms with Gasteiger partial charge in [-0.25, -0.2) is 13.8 Å². The van der Waals surface area contributed by atoms with E-state index >= 15 is 0 Å². The smallest absolute Gasteiger partial charge is 0.258 e. The minimum absolute atomic E-state index is 0.218. The molecule has 3 aromatic rings. The van der Waals surface area contributed by atoms with Crippen LogP contribution in [0, 0.1) is 11.6 Å². The number of benzene rings is 2. The molecule has 0 amide bonds. The Morgan fingerprint density at radius 1 is 1.25 bits per heavy atom. The SMILES string of the molecule is C[C@@H](NCc1nc2cc(Cl)ccc2c(=O)[nH]1)c1ccc(F)cc1F. The number of aromatic amines is 1. The van der Waals surface area contributed by atoms with Crippen molar-refractivity contribution in [3.8, 4) is 0 Å². The first-order chi connectivity index (χ1) is 11.4. The third-order valence-electron chi connectivity index (χ3n) is 3.72. The third kappa shape index (κ3) is 3.44. The van der Waals surface area contributed by atoms with Crippen LogP contribution in [0.15, 0.2) is 41.2 Å². The van der Waals surface area contributed by atoms with Crippen LogP contribution in [0.25, 0.3) is 10.9 Å². The molecule has 1 atom stereocenters. The summed E-state index contributed by atoms with van der Waals surface area (Å²) >= 11 is 5.92. The molecule has 2 N–H and O–H groups in total. The third-order valence-corrected chi connectivity index (χ3v) is 3.96. The number of halogens is 3. The lowest BCUT2D eigenvalue weighted by Gasteiger charge is -2.15. The minimum atomic E-state index is -0.624. The van der Waals surface area contributed by atoms with Gasteiger partial charge in [-0.2, -0.15) is 0 Å². The number of nitrogens with one attached hydrogen (secondary N) is 2. The maximum absolute atomic E-state index is 13.8. The van der Waals surface area contributed by atoms with Crippen LogP contribution in [-0.2, 0) is 6.54 Å². The van der Waals surface area contributed by atoms with Crippen molar-refractivity contribution in [1.29, 1.82) is 0 Å². The van der Waals surface area contributed by atoms with Crippen LogP contribution in [-0.4, -0.2) is 9.97 Å². The highest BCUT2D eigenvalue weighted by Gasteiger charge is 2.12.